The smallest absolute Gasteiger partial charge is 0.433 e. The number of rotatable bonds is 18. The first-order chi connectivity index (χ1) is 20.3. The summed E-state index contributed by atoms with van der Waals surface area (Å²) in [6, 6.07) is 3.93. The van der Waals surface area contributed by atoms with Crippen molar-refractivity contribution in [3.05, 3.63) is 47.0 Å². The molecule has 0 saturated carbocycles. The molecule has 0 bridgehead atoms. The van der Waals surface area contributed by atoms with Crippen LogP contribution in [0.15, 0.2) is 24.4 Å². The van der Waals surface area contributed by atoms with Gasteiger partial charge < -0.3 is 34.1 Å². The van der Waals surface area contributed by atoms with Crippen LogP contribution in [-0.4, -0.2) is 86.2 Å². The molecule has 0 unspecified atom stereocenters. The molecular weight excluding hydrogens is 571 g/mol. The molecule has 2 aromatic heterocycles. The summed E-state index contributed by atoms with van der Waals surface area (Å²) in [7, 11) is 0. The van der Waals surface area contributed by atoms with E-state index in [2.05, 4.69) is 15.3 Å². The van der Waals surface area contributed by atoms with Crippen molar-refractivity contribution < 1.29 is 46.8 Å². The van der Waals surface area contributed by atoms with E-state index in [1.54, 1.807) is 46.8 Å². The monoisotopic (exact) mass is 615 g/mol. The van der Waals surface area contributed by atoms with E-state index in [-0.39, 0.29) is 13.2 Å². The molecule has 43 heavy (non-hydrogen) atoms. The van der Waals surface area contributed by atoms with Crippen LogP contribution in [0.25, 0.3) is 11.1 Å². The lowest BCUT2D eigenvalue weighted by Crippen LogP contribution is -2.34. The third-order valence-electron chi connectivity index (χ3n) is 5.86. The molecule has 0 aliphatic carbocycles. The highest BCUT2D eigenvalue weighted by molar-refractivity contribution is 5.69. The van der Waals surface area contributed by atoms with Crippen LogP contribution in [0.1, 0.15) is 62.8 Å². The van der Waals surface area contributed by atoms with Crippen molar-refractivity contribution in [3.8, 4) is 11.1 Å². The Hall–Kier alpha value is -2.84. The SMILES string of the molecule is Cc1cc([C@H](C)NC(=O)OC(C)(C)C)ncc1-c1cc(CCCOCCOCCOCCOCCO)nc(C(F)(F)F)c1. The number of nitrogens with zero attached hydrogens (tertiary/aromatic N) is 2. The summed E-state index contributed by atoms with van der Waals surface area (Å²) in [5.74, 6) is 0. The zero-order chi connectivity index (χ0) is 31.9. The van der Waals surface area contributed by atoms with Gasteiger partial charge in [0.25, 0.3) is 0 Å². The number of alkyl carbamates (subject to hydrolysis) is 1. The number of aliphatic hydroxyl groups is 1. The summed E-state index contributed by atoms with van der Waals surface area (Å²) in [6.45, 7) is 11.8. The number of carbonyl (C=O) groups excluding carboxylic acids is 1. The van der Waals surface area contributed by atoms with Gasteiger partial charge in [0, 0.05) is 24.1 Å². The van der Waals surface area contributed by atoms with Gasteiger partial charge in [-0.15, -0.1) is 0 Å². The zero-order valence-electron chi connectivity index (χ0n) is 25.6. The highest BCUT2D eigenvalue weighted by Crippen LogP contribution is 2.33. The van der Waals surface area contributed by atoms with Crippen molar-refractivity contribution in [1.82, 2.24) is 15.3 Å². The van der Waals surface area contributed by atoms with Gasteiger partial charge in [0.1, 0.15) is 11.3 Å². The first-order valence-electron chi connectivity index (χ1n) is 14.3. The molecule has 1 amide bonds. The van der Waals surface area contributed by atoms with Gasteiger partial charge in [0.2, 0.25) is 0 Å². The maximum atomic E-state index is 13.7. The number of aliphatic hydroxyl groups excluding tert-OH is 1. The van der Waals surface area contributed by atoms with Gasteiger partial charge in [-0.1, -0.05) is 0 Å². The molecule has 0 aromatic carbocycles. The summed E-state index contributed by atoms with van der Waals surface area (Å²) in [5, 5.41) is 11.3. The predicted molar refractivity (Wildman–Crippen MR) is 154 cm³/mol. The van der Waals surface area contributed by atoms with E-state index in [1.807, 2.05) is 0 Å². The first kappa shape index (κ1) is 36.4. The standard InChI is InChI=1S/C30H44F3N3O7/c1-21-17-26(22(2)35-28(38)43-29(3,4)5)34-20-25(21)23-18-24(36-27(19-23)30(31,32)33)7-6-9-39-11-13-41-15-16-42-14-12-40-10-8-37/h17-20,22,37H,6-16H2,1-5H3,(H,35,38)/t22-/m0/s1. The molecule has 0 saturated heterocycles. The number of halogens is 3. The molecule has 2 rings (SSSR count). The maximum Gasteiger partial charge on any atom is 0.433 e. The van der Waals surface area contributed by atoms with Crippen LogP contribution in [0.2, 0.25) is 0 Å². The van der Waals surface area contributed by atoms with Crippen LogP contribution < -0.4 is 5.32 Å². The molecule has 2 aromatic rings. The molecular formula is C30H44F3N3O7. The Balaban J connectivity index is 1.90. The third kappa shape index (κ3) is 14.5. The van der Waals surface area contributed by atoms with Crippen molar-refractivity contribution in [2.24, 2.45) is 0 Å². The van der Waals surface area contributed by atoms with Crippen molar-refractivity contribution in [3.63, 3.8) is 0 Å². The molecule has 0 aliphatic rings. The van der Waals surface area contributed by atoms with Crippen LogP contribution >= 0.6 is 0 Å². The van der Waals surface area contributed by atoms with Crippen molar-refractivity contribution >= 4 is 6.09 Å². The Morgan fingerprint density at radius 2 is 1.51 bits per heavy atom. The van der Waals surface area contributed by atoms with E-state index in [9.17, 15) is 18.0 Å². The molecule has 13 heteroatoms. The van der Waals surface area contributed by atoms with Crippen LogP contribution in [0.4, 0.5) is 18.0 Å². The number of alkyl halides is 3. The summed E-state index contributed by atoms with van der Waals surface area (Å²) in [6.07, 6.45) is -2.91. The average molecular weight is 616 g/mol. The number of aromatic nitrogens is 2. The van der Waals surface area contributed by atoms with Crippen LogP contribution in [-0.2, 0) is 36.3 Å². The zero-order valence-corrected chi connectivity index (χ0v) is 25.6. The fourth-order valence-corrected chi connectivity index (χ4v) is 3.87. The quantitative estimate of drug-likeness (QED) is 0.222. The van der Waals surface area contributed by atoms with Gasteiger partial charge in [-0.25, -0.2) is 9.78 Å². The summed E-state index contributed by atoms with van der Waals surface area (Å²) >= 11 is 0. The van der Waals surface area contributed by atoms with E-state index >= 15 is 0 Å². The second-order valence-corrected chi connectivity index (χ2v) is 10.8. The summed E-state index contributed by atoms with van der Waals surface area (Å²) in [5.41, 5.74) is 0.830. The minimum Gasteiger partial charge on any atom is -0.444 e. The second kappa shape index (κ2) is 18.1. The van der Waals surface area contributed by atoms with Crippen LogP contribution in [0.5, 0.6) is 0 Å². The Morgan fingerprint density at radius 1 is 0.930 bits per heavy atom. The fourth-order valence-electron chi connectivity index (χ4n) is 3.87. The number of ether oxygens (including phenoxy) is 5. The maximum absolute atomic E-state index is 13.7. The second-order valence-electron chi connectivity index (χ2n) is 10.8. The Labute approximate surface area is 251 Å². The Morgan fingerprint density at radius 3 is 2.05 bits per heavy atom. The predicted octanol–water partition coefficient (Wildman–Crippen LogP) is 5.05. The number of hydrogen-bond acceptors (Lipinski definition) is 9. The molecule has 2 N–H and O–H groups in total. The number of pyridine rings is 2. The van der Waals surface area contributed by atoms with Gasteiger partial charge in [-0.3, -0.25) is 4.98 Å². The highest BCUT2D eigenvalue weighted by Gasteiger charge is 2.33. The van der Waals surface area contributed by atoms with Crippen molar-refractivity contribution in [1.29, 1.82) is 0 Å². The van der Waals surface area contributed by atoms with Crippen LogP contribution in [0.3, 0.4) is 0 Å². The average Bonchev–Trinajstić information content (AvgIpc) is 2.91. The molecule has 0 spiro atoms. The van der Waals surface area contributed by atoms with Gasteiger partial charge in [-0.05, 0) is 76.8 Å². The summed E-state index contributed by atoms with van der Waals surface area (Å²) in [4.78, 5) is 20.4. The lowest BCUT2D eigenvalue weighted by molar-refractivity contribution is -0.141. The molecule has 2 heterocycles. The number of amides is 1. The van der Waals surface area contributed by atoms with E-state index in [4.69, 9.17) is 28.8 Å². The Bertz CT molecular complexity index is 1130. The molecule has 0 fully saturated rings. The molecule has 242 valence electrons. The topological polar surface area (TPSA) is 121 Å². The minimum atomic E-state index is -4.61. The van der Waals surface area contributed by atoms with Crippen LogP contribution in [0, 0.1) is 6.92 Å². The van der Waals surface area contributed by atoms with Gasteiger partial charge >= 0.3 is 12.3 Å². The van der Waals surface area contributed by atoms with E-state index in [0.29, 0.717) is 87.2 Å². The number of hydrogen-bond donors (Lipinski definition) is 2. The van der Waals surface area contributed by atoms with E-state index < -0.39 is 29.6 Å². The lowest BCUT2D eigenvalue weighted by atomic mass is 9.99. The third-order valence-corrected chi connectivity index (χ3v) is 5.86. The highest BCUT2D eigenvalue weighted by atomic mass is 19.4. The van der Waals surface area contributed by atoms with E-state index in [1.165, 1.54) is 6.20 Å². The van der Waals surface area contributed by atoms with Crippen molar-refractivity contribution in [2.45, 2.75) is 65.3 Å². The fraction of sp³-hybridized carbons (Fsp3) is 0.633. The summed E-state index contributed by atoms with van der Waals surface area (Å²) < 4.78 is 67.7. The minimum absolute atomic E-state index is 0.0228. The number of carbonyl (C=O) groups is 1. The van der Waals surface area contributed by atoms with Gasteiger partial charge in [-0.2, -0.15) is 13.2 Å². The number of nitrogens with one attached hydrogen (secondary N) is 1. The van der Waals surface area contributed by atoms with Crippen molar-refractivity contribution in [2.75, 3.05) is 59.5 Å². The van der Waals surface area contributed by atoms with Gasteiger partial charge in [0.15, 0.2) is 0 Å². The van der Waals surface area contributed by atoms with E-state index in [0.717, 1.165) is 6.07 Å². The molecule has 0 radical (unpaired) electrons. The molecule has 0 aliphatic heterocycles. The Kier molecular flexibility index (Phi) is 15.3. The van der Waals surface area contributed by atoms with Gasteiger partial charge in [0.05, 0.1) is 64.6 Å². The molecule has 10 nitrogen and oxygen atoms in total. The number of aryl methyl sites for hydroxylation is 2. The molecule has 1 atom stereocenters. The lowest BCUT2D eigenvalue weighted by Gasteiger charge is -2.22. The first-order valence-corrected chi connectivity index (χ1v) is 14.3. The largest absolute Gasteiger partial charge is 0.444 e. The normalized spacial score (nSPS) is 12.8.